The molecule has 4 aliphatic rings. The van der Waals surface area contributed by atoms with E-state index in [2.05, 4.69) is 86.2 Å². The Hall–Kier alpha value is -0.980. The zero-order valence-electron chi connectivity index (χ0n) is 16.4. The van der Waals surface area contributed by atoms with Gasteiger partial charge in [0, 0.05) is 0 Å². The fraction of sp³-hybridized carbons (Fsp3) is 0.360. The van der Waals surface area contributed by atoms with Crippen molar-refractivity contribution in [1.82, 2.24) is 0 Å². The normalized spacial score (nSPS) is 23.8. The molecule has 0 nitrogen and oxygen atoms in total. The van der Waals surface area contributed by atoms with Gasteiger partial charge in [0.15, 0.2) is 0 Å². The van der Waals surface area contributed by atoms with Crippen LogP contribution in [0.5, 0.6) is 0 Å². The fourth-order valence-corrected chi connectivity index (χ4v) is 5.94. The van der Waals surface area contributed by atoms with Gasteiger partial charge in [-0.2, -0.15) is 0 Å². The van der Waals surface area contributed by atoms with Crippen molar-refractivity contribution >= 4 is 10.6 Å². The molecule has 0 spiro atoms. The maximum atomic E-state index is 2.37. The topological polar surface area (TPSA) is 0 Å². The monoisotopic (exact) mass is 448 g/mol. The van der Waals surface area contributed by atoms with Gasteiger partial charge < -0.3 is 0 Å². The first kappa shape index (κ1) is 20.7. The third-order valence-corrected chi connectivity index (χ3v) is 8.96. The molecule has 2 unspecified atom stereocenters. The van der Waals surface area contributed by atoms with Crippen LogP contribution in [0.1, 0.15) is 38.5 Å². The first-order valence-electron chi connectivity index (χ1n) is 10.2. The summed E-state index contributed by atoms with van der Waals surface area (Å²) < 4.78 is 0. The fourth-order valence-electron chi connectivity index (χ4n) is 4.02. The van der Waals surface area contributed by atoms with E-state index in [1.165, 1.54) is 38.5 Å². The second kappa shape index (κ2) is 11.1. The summed E-state index contributed by atoms with van der Waals surface area (Å²) >= 11 is 1.69. The van der Waals surface area contributed by atoms with Crippen LogP contribution >= 0.6 is 0 Å². The number of rotatable bonds is 1. The van der Waals surface area contributed by atoms with Crippen LogP contribution in [0.2, 0.25) is 6.55 Å². The Bertz CT molecular complexity index is 699. The number of hydrogen-bond donors (Lipinski definition) is 0. The van der Waals surface area contributed by atoms with Crippen molar-refractivity contribution in [2.24, 2.45) is 11.8 Å². The molecule has 2 heteroatoms. The van der Waals surface area contributed by atoms with Crippen molar-refractivity contribution in [3.63, 3.8) is 0 Å². The van der Waals surface area contributed by atoms with Gasteiger partial charge in [-0.15, -0.1) is 37.1 Å². The zero-order chi connectivity index (χ0) is 18.9. The zero-order valence-corrected chi connectivity index (χ0v) is 19.9. The standard InChI is InChI=1S/2C9H11.C7H8Si.Zr/c2*1-2-5-9-7-3-6-8(9)4-1;1-8-7-5-3-2-4-6-7;/h2*1-2,4,6,9H,3,5,7H2;2-6H,1H3;/q2*-1;;+2. The molecule has 0 heterocycles. The van der Waals surface area contributed by atoms with Gasteiger partial charge in [-0.05, 0) is 24.7 Å². The van der Waals surface area contributed by atoms with Crippen molar-refractivity contribution in [2.75, 3.05) is 0 Å². The first-order chi connectivity index (χ1) is 13.2. The molecule has 2 atom stereocenters. The SMILES string of the molecule is C1=CCC2CC[CH-]C2=C1.C1=CCC2CC[CH-]C2=C1.C[Si](=[Zr+2])c1ccccc1. The van der Waals surface area contributed by atoms with E-state index in [1.807, 2.05) is 0 Å². The summed E-state index contributed by atoms with van der Waals surface area (Å²) in [4.78, 5) is 0. The molecule has 1 aromatic carbocycles. The molecular formula is C25H30SiZr. The molecule has 2 saturated carbocycles. The van der Waals surface area contributed by atoms with Crippen LogP contribution in [-0.4, -0.2) is 5.43 Å². The average Bonchev–Trinajstić information content (AvgIpc) is 3.39. The Labute approximate surface area is 180 Å². The number of fused-ring (bicyclic) bond motifs is 2. The Morgan fingerprint density at radius 1 is 0.852 bits per heavy atom. The molecule has 0 amide bonds. The van der Waals surface area contributed by atoms with E-state index in [9.17, 15) is 0 Å². The summed E-state index contributed by atoms with van der Waals surface area (Å²) in [5, 5.41) is 1.56. The third-order valence-electron chi connectivity index (χ3n) is 5.63. The molecule has 5 rings (SSSR count). The molecular weight excluding hydrogens is 420 g/mol. The van der Waals surface area contributed by atoms with Crippen LogP contribution in [0.25, 0.3) is 0 Å². The average molecular weight is 450 g/mol. The summed E-state index contributed by atoms with van der Waals surface area (Å²) in [5.41, 5.74) is 3.04. The van der Waals surface area contributed by atoms with Crippen LogP contribution in [0.15, 0.2) is 77.9 Å². The van der Waals surface area contributed by atoms with Crippen molar-refractivity contribution in [1.29, 1.82) is 0 Å². The summed E-state index contributed by atoms with van der Waals surface area (Å²) in [6.07, 6.45) is 26.1. The Kier molecular flexibility index (Phi) is 8.55. The van der Waals surface area contributed by atoms with Crippen LogP contribution < -0.4 is 5.19 Å². The molecule has 0 aromatic heterocycles. The van der Waals surface area contributed by atoms with Gasteiger partial charge in [-0.1, -0.05) is 12.8 Å². The second-order valence-corrected chi connectivity index (χ2v) is 15.0. The van der Waals surface area contributed by atoms with E-state index in [0.717, 1.165) is 11.8 Å². The van der Waals surface area contributed by atoms with Crippen LogP contribution in [0.3, 0.4) is 0 Å². The quantitative estimate of drug-likeness (QED) is 0.362. The van der Waals surface area contributed by atoms with Crippen LogP contribution in [-0.2, 0) is 23.3 Å². The summed E-state index contributed by atoms with van der Waals surface area (Å²) in [6, 6.07) is 10.8. The first-order valence-corrected chi connectivity index (χ1v) is 15.9. The van der Waals surface area contributed by atoms with Gasteiger partial charge in [0.2, 0.25) is 0 Å². The predicted octanol–water partition coefficient (Wildman–Crippen LogP) is 6.04. The van der Waals surface area contributed by atoms with E-state index in [1.54, 1.807) is 39.7 Å². The van der Waals surface area contributed by atoms with Crippen LogP contribution in [0.4, 0.5) is 0 Å². The van der Waals surface area contributed by atoms with Gasteiger partial charge in [0.1, 0.15) is 0 Å². The van der Waals surface area contributed by atoms with Gasteiger partial charge in [-0.25, -0.2) is 36.1 Å². The van der Waals surface area contributed by atoms with Crippen molar-refractivity contribution in [2.45, 2.75) is 45.1 Å². The minimum atomic E-state index is -0.122. The summed E-state index contributed by atoms with van der Waals surface area (Å²) in [6.45, 7) is 2.35. The molecule has 2 fully saturated rings. The van der Waals surface area contributed by atoms with Crippen molar-refractivity contribution in [3.05, 3.63) is 90.8 Å². The van der Waals surface area contributed by atoms with Gasteiger partial charge in [0.05, 0.1) is 0 Å². The van der Waals surface area contributed by atoms with E-state index in [4.69, 9.17) is 0 Å². The van der Waals surface area contributed by atoms with Gasteiger partial charge >= 0.3 is 70.8 Å². The molecule has 138 valence electrons. The minimum absolute atomic E-state index is 0.122. The Morgan fingerprint density at radius 3 is 1.78 bits per heavy atom. The summed E-state index contributed by atoms with van der Waals surface area (Å²) in [5.74, 6) is 1.77. The third kappa shape index (κ3) is 6.54. The molecule has 27 heavy (non-hydrogen) atoms. The molecule has 0 N–H and O–H groups in total. The molecule has 4 aliphatic carbocycles. The van der Waals surface area contributed by atoms with E-state index in [0.29, 0.717) is 0 Å². The number of allylic oxidation sites excluding steroid dienone is 8. The predicted molar refractivity (Wildman–Crippen MR) is 115 cm³/mol. The van der Waals surface area contributed by atoms with Gasteiger partial charge in [-0.3, -0.25) is 0 Å². The van der Waals surface area contributed by atoms with E-state index < -0.39 is 0 Å². The van der Waals surface area contributed by atoms with Crippen LogP contribution in [0, 0.1) is 24.7 Å². The van der Waals surface area contributed by atoms with Gasteiger partial charge in [0.25, 0.3) is 0 Å². The number of hydrogen-bond acceptors (Lipinski definition) is 0. The Balaban J connectivity index is 0.000000117. The van der Waals surface area contributed by atoms with Crippen molar-refractivity contribution in [3.8, 4) is 0 Å². The molecule has 0 bridgehead atoms. The molecule has 0 saturated heterocycles. The molecule has 0 aliphatic heterocycles. The summed E-state index contributed by atoms with van der Waals surface area (Å²) in [7, 11) is 0. The van der Waals surface area contributed by atoms with E-state index >= 15 is 0 Å². The number of benzene rings is 1. The maximum absolute atomic E-state index is 2.37. The molecule has 0 radical (unpaired) electrons. The molecule has 1 aromatic rings. The van der Waals surface area contributed by atoms with Crippen molar-refractivity contribution < 1.29 is 23.3 Å². The second-order valence-electron chi connectivity index (χ2n) is 7.61. The van der Waals surface area contributed by atoms with E-state index in [-0.39, 0.29) is 5.43 Å². The Morgan fingerprint density at radius 2 is 1.37 bits per heavy atom.